The number of ether oxygens (including phenoxy) is 1. The summed E-state index contributed by atoms with van der Waals surface area (Å²) < 4.78 is 31.4. The van der Waals surface area contributed by atoms with Crippen LogP contribution in [0.25, 0.3) is 0 Å². The standard InChI is InChI=1S/C23H29N3O4S2/c1-24-21(31)26(22-11-14-7-15(12-22)9-16(8-14)13-22)20(27)23(5-6-23)17-3-4-19(30-2)18(10-17)25-32(28)29/h3-4,10,14-16H,5-9,11-13H2,1-2H3,(H,24,31). The van der Waals surface area contributed by atoms with Gasteiger partial charge in [0.2, 0.25) is 5.91 Å². The summed E-state index contributed by atoms with van der Waals surface area (Å²) in [6, 6.07) is 5.23. The van der Waals surface area contributed by atoms with Crippen LogP contribution < -0.4 is 10.1 Å². The lowest BCUT2D eigenvalue weighted by molar-refractivity contribution is -0.143. The van der Waals surface area contributed by atoms with Gasteiger partial charge in [0.05, 0.1) is 18.1 Å². The summed E-state index contributed by atoms with van der Waals surface area (Å²) in [6.07, 6.45) is 8.38. The fraction of sp³-hybridized carbons (Fsp3) is 0.652. The van der Waals surface area contributed by atoms with Gasteiger partial charge in [-0.2, -0.15) is 8.42 Å². The molecule has 9 heteroatoms. The molecular formula is C23H29N3O4S2. The number of hydrogen-bond donors (Lipinski definition) is 1. The van der Waals surface area contributed by atoms with Crippen LogP contribution in [0.3, 0.4) is 0 Å². The average molecular weight is 476 g/mol. The molecule has 0 spiro atoms. The monoisotopic (exact) mass is 475 g/mol. The Bertz CT molecular complexity index is 1070. The Morgan fingerprint density at radius 2 is 1.75 bits per heavy atom. The highest BCUT2D eigenvalue weighted by Gasteiger charge is 2.61. The lowest BCUT2D eigenvalue weighted by atomic mass is 9.52. The first-order chi connectivity index (χ1) is 15.3. The summed E-state index contributed by atoms with van der Waals surface area (Å²) in [4.78, 5) is 16.2. The molecule has 5 aliphatic rings. The van der Waals surface area contributed by atoms with Crippen molar-refractivity contribution in [3.05, 3.63) is 23.8 Å². The molecule has 4 bridgehead atoms. The molecule has 172 valence electrons. The van der Waals surface area contributed by atoms with E-state index >= 15 is 0 Å². The van der Waals surface area contributed by atoms with Crippen molar-refractivity contribution in [1.29, 1.82) is 0 Å². The Hall–Kier alpha value is -2.00. The van der Waals surface area contributed by atoms with Crippen LogP contribution in [0.4, 0.5) is 5.69 Å². The quantitative estimate of drug-likeness (QED) is 0.653. The van der Waals surface area contributed by atoms with Gasteiger partial charge >= 0.3 is 10.5 Å². The number of carbonyl (C=O) groups excluding carboxylic acids is 1. The third-order valence-electron chi connectivity index (χ3n) is 8.16. The Labute approximate surface area is 195 Å². The van der Waals surface area contributed by atoms with E-state index in [4.69, 9.17) is 17.0 Å². The van der Waals surface area contributed by atoms with E-state index in [2.05, 4.69) is 9.68 Å². The first-order valence-electron chi connectivity index (χ1n) is 11.4. The SMILES string of the molecule is CNC(=S)N(C(=O)C1(c2ccc(OC)c(N=S(=O)=O)c2)CC1)C12CC3CC(CC(C3)C1)C2. The van der Waals surface area contributed by atoms with Gasteiger partial charge < -0.3 is 10.1 Å². The van der Waals surface area contributed by atoms with Gasteiger partial charge in [-0.05, 0) is 99.0 Å². The van der Waals surface area contributed by atoms with Crippen molar-refractivity contribution in [2.75, 3.05) is 14.2 Å². The second-order valence-electron chi connectivity index (χ2n) is 10.1. The molecule has 1 aromatic rings. The van der Waals surface area contributed by atoms with Gasteiger partial charge in [-0.1, -0.05) is 6.07 Å². The van der Waals surface area contributed by atoms with E-state index in [1.807, 2.05) is 11.0 Å². The molecule has 5 fully saturated rings. The zero-order valence-electron chi connectivity index (χ0n) is 18.5. The molecule has 1 aromatic carbocycles. The van der Waals surface area contributed by atoms with Crippen molar-refractivity contribution in [2.24, 2.45) is 22.1 Å². The molecule has 5 saturated carbocycles. The maximum atomic E-state index is 14.2. The largest absolute Gasteiger partial charge is 0.494 e. The summed E-state index contributed by atoms with van der Waals surface area (Å²) in [5, 5.41) is 3.60. The fourth-order valence-corrected chi connectivity index (χ4v) is 7.66. The highest BCUT2D eigenvalue weighted by molar-refractivity contribution is 7.80. The Morgan fingerprint density at radius 3 is 2.22 bits per heavy atom. The fourth-order valence-electron chi connectivity index (χ4n) is 7.08. The number of hydrogen-bond acceptors (Lipinski definition) is 6. The average Bonchev–Trinajstić information content (AvgIpc) is 3.54. The minimum atomic E-state index is -2.61. The van der Waals surface area contributed by atoms with Gasteiger partial charge in [-0.15, -0.1) is 4.36 Å². The molecule has 0 saturated heterocycles. The van der Waals surface area contributed by atoms with Crippen LogP contribution >= 0.6 is 12.2 Å². The van der Waals surface area contributed by atoms with Gasteiger partial charge in [-0.25, -0.2) is 0 Å². The number of amides is 1. The zero-order valence-corrected chi connectivity index (χ0v) is 20.1. The van der Waals surface area contributed by atoms with Gasteiger partial charge in [0.1, 0.15) is 11.4 Å². The first-order valence-corrected chi connectivity index (χ1v) is 12.8. The van der Waals surface area contributed by atoms with Crippen molar-refractivity contribution in [1.82, 2.24) is 10.2 Å². The van der Waals surface area contributed by atoms with Crippen LogP contribution in [-0.2, 0) is 20.7 Å². The number of nitrogens with zero attached hydrogens (tertiary/aromatic N) is 2. The molecule has 1 N–H and O–H groups in total. The molecule has 6 rings (SSSR count). The molecule has 0 heterocycles. The highest BCUT2D eigenvalue weighted by atomic mass is 32.2. The van der Waals surface area contributed by atoms with E-state index in [-0.39, 0.29) is 17.1 Å². The van der Waals surface area contributed by atoms with E-state index in [9.17, 15) is 13.2 Å². The summed E-state index contributed by atoms with van der Waals surface area (Å²) in [5.74, 6) is 2.46. The number of nitrogens with one attached hydrogen (secondary N) is 1. The maximum Gasteiger partial charge on any atom is 0.316 e. The number of rotatable bonds is 5. The third kappa shape index (κ3) is 3.44. The normalized spacial score (nSPS) is 31.0. The molecule has 1 amide bonds. The summed E-state index contributed by atoms with van der Waals surface area (Å²) in [5.41, 5.74) is 0.110. The van der Waals surface area contributed by atoms with Gasteiger partial charge in [-0.3, -0.25) is 9.69 Å². The summed E-state index contributed by atoms with van der Waals surface area (Å²) >= 11 is 5.73. The molecule has 0 atom stereocenters. The van der Waals surface area contributed by atoms with Crippen molar-refractivity contribution < 1.29 is 17.9 Å². The molecular weight excluding hydrogens is 446 g/mol. The van der Waals surface area contributed by atoms with Gasteiger partial charge in [0, 0.05) is 7.05 Å². The maximum absolute atomic E-state index is 14.2. The van der Waals surface area contributed by atoms with E-state index in [1.165, 1.54) is 26.4 Å². The van der Waals surface area contributed by atoms with Crippen molar-refractivity contribution >= 4 is 39.4 Å². The minimum Gasteiger partial charge on any atom is -0.494 e. The summed E-state index contributed by atoms with van der Waals surface area (Å²) in [7, 11) is 0.650. The number of thiocarbonyl (C=S) groups is 1. The Balaban J connectivity index is 1.54. The Morgan fingerprint density at radius 1 is 1.16 bits per heavy atom. The number of carbonyl (C=O) groups is 1. The predicted molar refractivity (Wildman–Crippen MR) is 124 cm³/mol. The lowest BCUT2D eigenvalue weighted by Gasteiger charge is -2.60. The van der Waals surface area contributed by atoms with Gasteiger partial charge in [0.15, 0.2) is 5.11 Å². The minimum absolute atomic E-state index is 0.0400. The third-order valence-corrected chi connectivity index (χ3v) is 8.90. The van der Waals surface area contributed by atoms with E-state index in [0.717, 1.165) is 24.8 Å². The van der Waals surface area contributed by atoms with Crippen molar-refractivity contribution in [2.45, 2.75) is 62.3 Å². The van der Waals surface area contributed by atoms with Crippen LogP contribution in [0.1, 0.15) is 56.9 Å². The van der Waals surface area contributed by atoms with Crippen LogP contribution in [-0.4, -0.2) is 44.0 Å². The molecule has 0 aliphatic heterocycles. The highest BCUT2D eigenvalue weighted by Crippen LogP contribution is 2.60. The van der Waals surface area contributed by atoms with Crippen molar-refractivity contribution in [3.8, 4) is 5.75 Å². The molecule has 5 aliphatic carbocycles. The topological polar surface area (TPSA) is 88.1 Å². The van der Waals surface area contributed by atoms with E-state index in [0.29, 0.717) is 41.5 Å². The lowest BCUT2D eigenvalue weighted by Crippen LogP contribution is -2.66. The van der Waals surface area contributed by atoms with E-state index < -0.39 is 15.9 Å². The Kier molecular flexibility index (Phi) is 5.32. The van der Waals surface area contributed by atoms with Crippen LogP contribution in [0.2, 0.25) is 0 Å². The van der Waals surface area contributed by atoms with Gasteiger partial charge in [0.25, 0.3) is 0 Å². The number of benzene rings is 1. The molecule has 0 aromatic heterocycles. The van der Waals surface area contributed by atoms with Crippen molar-refractivity contribution in [3.63, 3.8) is 0 Å². The van der Waals surface area contributed by atoms with Crippen LogP contribution in [0, 0.1) is 17.8 Å². The first kappa shape index (κ1) is 21.8. The zero-order chi connectivity index (χ0) is 22.7. The second-order valence-corrected chi connectivity index (χ2v) is 11.1. The predicted octanol–water partition coefficient (Wildman–Crippen LogP) is 3.72. The molecule has 7 nitrogen and oxygen atoms in total. The molecule has 0 radical (unpaired) electrons. The van der Waals surface area contributed by atoms with Crippen LogP contribution in [0.5, 0.6) is 5.75 Å². The molecule has 32 heavy (non-hydrogen) atoms. The van der Waals surface area contributed by atoms with E-state index in [1.54, 1.807) is 19.2 Å². The second kappa shape index (κ2) is 7.80. The number of methoxy groups -OCH3 is 1. The molecule has 0 unspecified atom stereocenters. The smallest absolute Gasteiger partial charge is 0.316 e. The summed E-state index contributed by atoms with van der Waals surface area (Å²) in [6.45, 7) is 0. The van der Waals surface area contributed by atoms with Crippen LogP contribution in [0.15, 0.2) is 22.6 Å².